The number of oxime groups is 1. The maximum atomic E-state index is 11.0. The minimum absolute atomic E-state index is 0.148. The van der Waals surface area contributed by atoms with Gasteiger partial charge in [-0.05, 0) is 24.7 Å². The Morgan fingerprint density at radius 2 is 2.41 bits per heavy atom. The normalized spacial score (nSPS) is 26.9. The molecule has 0 aromatic heterocycles. The zero-order valence-corrected chi connectivity index (χ0v) is 9.91. The van der Waals surface area contributed by atoms with Gasteiger partial charge >= 0.3 is 0 Å². The molecule has 1 heterocycles. The maximum absolute atomic E-state index is 11.0. The largest absolute Gasteiger partial charge is 0.409 e. The fourth-order valence-electron chi connectivity index (χ4n) is 2.35. The highest BCUT2D eigenvalue weighted by Crippen LogP contribution is 2.48. The third-order valence-corrected chi connectivity index (χ3v) is 3.62. The number of hydrogen-bond donors (Lipinski definition) is 4. The Kier molecular flexibility index (Phi) is 3.51. The molecule has 1 saturated heterocycles. The summed E-state index contributed by atoms with van der Waals surface area (Å²) in [5.74, 6) is 0.452. The van der Waals surface area contributed by atoms with Crippen LogP contribution in [0.2, 0.25) is 0 Å². The third-order valence-electron chi connectivity index (χ3n) is 3.62. The second kappa shape index (κ2) is 4.91. The molecule has 1 saturated carbocycles. The van der Waals surface area contributed by atoms with Gasteiger partial charge in [-0.15, -0.1) is 0 Å². The molecule has 6 nitrogen and oxygen atoms in total. The maximum Gasteiger partial charge on any atom is 0.220 e. The molecule has 6 heteroatoms. The second-order valence-corrected chi connectivity index (χ2v) is 5.20. The zero-order valence-electron chi connectivity index (χ0n) is 9.91. The van der Waals surface area contributed by atoms with Crippen molar-refractivity contribution in [3.8, 4) is 0 Å². The van der Waals surface area contributed by atoms with Crippen LogP contribution in [0, 0.1) is 5.41 Å². The van der Waals surface area contributed by atoms with Crippen LogP contribution in [0.1, 0.15) is 32.1 Å². The first kappa shape index (κ1) is 12.2. The molecular weight excluding hydrogens is 220 g/mol. The monoisotopic (exact) mass is 240 g/mol. The van der Waals surface area contributed by atoms with Gasteiger partial charge in [-0.2, -0.15) is 0 Å². The van der Waals surface area contributed by atoms with Crippen LogP contribution < -0.4 is 16.4 Å². The molecule has 2 aliphatic rings. The first-order valence-corrected chi connectivity index (χ1v) is 6.10. The Bertz CT molecular complexity index is 325. The van der Waals surface area contributed by atoms with E-state index in [4.69, 9.17) is 10.9 Å². The van der Waals surface area contributed by atoms with Crippen molar-refractivity contribution in [2.45, 2.75) is 38.1 Å². The van der Waals surface area contributed by atoms with E-state index >= 15 is 0 Å². The molecule has 96 valence electrons. The van der Waals surface area contributed by atoms with Crippen LogP contribution in [0.4, 0.5) is 0 Å². The summed E-state index contributed by atoms with van der Waals surface area (Å²) in [7, 11) is 0. The second-order valence-electron chi connectivity index (χ2n) is 5.20. The van der Waals surface area contributed by atoms with Gasteiger partial charge in [0.1, 0.15) is 5.84 Å². The lowest BCUT2D eigenvalue weighted by atomic mass is 10.0. The molecule has 1 amide bonds. The number of amidine groups is 1. The Balaban J connectivity index is 1.66. The van der Waals surface area contributed by atoms with Crippen molar-refractivity contribution in [1.29, 1.82) is 0 Å². The smallest absolute Gasteiger partial charge is 0.220 e. The average Bonchev–Trinajstić information content (AvgIpc) is 2.93. The number of nitrogens with two attached hydrogens (primary N) is 1. The van der Waals surface area contributed by atoms with Gasteiger partial charge in [0.25, 0.3) is 0 Å². The number of amides is 1. The highest BCUT2D eigenvalue weighted by atomic mass is 16.4. The van der Waals surface area contributed by atoms with Crippen LogP contribution in [-0.2, 0) is 4.79 Å². The van der Waals surface area contributed by atoms with Gasteiger partial charge < -0.3 is 21.6 Å². The predicted octanol–water partition coefficient (Wildman–Crippen LogP) is -0.229. The molecule has 1 unspecified atom stereocenters. The van der Waals surface area contributed by atoms with Gasteiger partial charge in [0.05, 0.1) is 0 Å². The molecule has 1 aliphatic carbocycles. The van der Waals surface area contributed by atoms with E-state index in [1.165, 1.54) is 0 Å². The average molecular weight is 240 g/mol. The van der Waals surface area contributed by atoms with Gasteiger partial charge in [-0.3, -0.25) is 4.79 Å². The quantitative estimate of drug-likeness (QED) is 0.223. The number of hydrogen-bond acceptors (Lipinski definition) is 4. The first-order chi connectivity index (χ1) is 8.13. The first-order valence-electron chi connectivity index (χ1n) is 6.10. The molecule has 0 aromatic carbocycles. The lowest BCUT2D eigenvalue weighted by Crippen LogP contribution is -2.38. The summed E-state index contributed by atoms with van der Waals surface area (Å²) in [5, 5.41) is 17.9. The molecule has 0 radical (unpaired) electrons. The fraction of sp³-hybridized carbons (Fsp3) is 0.818. The third kappa shape index (κ3) is 3.33. The van der Waals surface area contributed by atoms with Crippen LogP contribution in [0.5, 0.6) is 0 Å². The number of carbonyl (C=O) groups excluding carboxylic acids is 1. The van der Waals surface area contributed by atoms with Crippen LogP contribution in [0.25, 0.3) is 0 Å². The molecule has 0 aromatic rings. The Morgan fingerprint density at radius 3 is 2.94 bits per heavy atom. The van der Waals surface area contributed by atoms with E-state index in [0.717, 1.165) is 32.4 Å². The van der Waals surface area contributed by atoms with Gasteiger partial charge in [-0.1, -0.05) is 5.16 Å². The van der Waals surface area contributed by atoms with E-state index in [2.05, 4.69) is 15.8 Å². The molecule has 1 atom stereocenters. The summed E-state index contributed by atoms with van der Waals surface area (Å²) in [6, 6.07) is 0.266. The molecule has 17 heavy (non-hydrogen) atoms. The number of rotatable bonds is 6. The summed E-state index contributed by atoms with van der Waals surface area (Å²) in [4.78, 5) is 11.0. The van der Waals surface area contributed by atoms with E-state index in [0.29, 0.717) is 18.7 Å². The fourth-order valence-corrected chi connectivity index (χ4v) is 2.35. The van der Waals surface area contributed by atoms with E-state index in [1.807, 2.05) is 0 Å². The standard InChI is InChI=1S/C11H20N4O2/c12-9(15-17)5-11(3-4-11)7-13-6-8-1-2-10(16)14-8/h8,13,17H,1-7H2,(H2,12,15)(H,14,16). The predicted molar refractivity (Wildman–Crippen MR) is 63.7 cm³/mol. The molecule has 0 bridgehead atoms. The molecule has 1 aliphatic heterocycles. The molecule has 5 N–H and O–H groups in total. The van der Waals surface area contributed by atoms with Crippen molar-refractivity contribution < 1.29 is 10.0 Å². The van der Waals surface area contributed by atoms with E-state index in [9.17, 15) is 4.79 Å². The summed E-state index contributed by atoms with van der Waals surface area (Å²) < 4.78 is 0. The van der Waals surface area contributed by atoms with Gasteiger partial charge in [0.15, 0.2) is 0 Å². The SMILES string of the molecule is NC(CC1(CNCC2CCC(=O)N2)CC1)=NO. The minimum Gasteiger partial charge on any atom is -0.409 e. The van der Waals surface area contributed by atoms with Gasteiger partial charge in [0, 0.05) is 32.0 Å². The molecular formula is C11H20N4O2. The van der Waals surface area contributed by atoms with E-state index in [1.54, 1.807) is 0 Å². The highest BCUT2D eigenvalue weighted by Gasteiger charge is 2.43. The summed E-state index contributed by atoms with van der Waals surface area (Å²) in [5.41, 5.74) is 5.71. The van der Waals surface area contributed by atoms with Crippen molar-refractivity contribution in [1.82, 2.24) is 10.6 Å². The number of nitrogens with zero attached hydrogens (tertiary/aromatic N) is 1. The zero-order chi connectivity index (χ0) is 12.3. The minimum atomic E-state index is 0.148. The van der Waals surface area contributed by atoms with E-state index in [-0.39, 0.29) is 17.4 Å². The highest BCUT2D eigenvalue weighted by molar-refractivity contribution is 5.80. The number of nitrogens with one attached hydrogen (secondary N) is 2. The van der Waals surface area contributed by atoms with Crippen LogP contribution in [-0.4, -0.2) is 36.1 Å². The molecule has 2 fully saturated rings. The summed E-state index contributed by atoms with van der Waals surface area (Å²) in [6.45, 7) is 1.68. The topological polar surface area (TPSA) is 99.7 Å². The van der Waals surface area contributed by atoms with E-state index < -0.39 is 0 Å². The Hall–Kier alpha value is -1.30. The van der Waals surface area contributed by atoms with Crippen molar-refractivity contribution in [3.63, 3.8) is 0 Å². The van der Waals surface area contributed by atoms with Crippen LogP contribution >= 0.6 is 0 Å². The van der Waals surface area contributed by atoms with Crippen LogP contribution in [0.3, 0.4) is 0 Å². The Morgan fingerprint density at radius 1 is 1.65 bits per heavy atom. The molecule has 0 spiro atoms. The number of carbonyl (C=O) groups is 1. The van der Waals surface area contributed by atoms with Gasteiger partial charge in [-0.25, -0.2) is 0 Å². The van der Waals surface area contributed by atoms with Crippen molar-refractivity contribution >= 4 is 11.7 Å². The lowest BCUT2D eigenvalue weighted by molar-refractivity contribution is -0.119. The summed E-state index contributed by atoms with van der Waals surface area (Å²) in [6.07, 6.45) is 4.44. The lowest BCUT2D eigenvalue weighted by Gasteiger charge is -2.17. The summed E-state index contributed by atoms with van der Waals surface area (Å²) >= 11 is 0. The van der Waals surface area contributed by atoms with Crippen molar-refractivity contribution in [2.75, 3.05) is 13.1 Å². The van der Waals surface area contributed by atoms with Crippen molar-refractivity contribution in [3.05, 3.63) is 0 Å². The Labute approximate surface area is 101 Å². The molecule has 2 rings (SSSR count). The van der Waals surface area contributed by atoms with Crippen molar-refractivity contribution in [2.24, 2.45) is 16.3 Å². The van der Waals surface area contributed by atoms with Gasteiger partial charge in [0.2, 0.25) is 5.91 Å². The van der Waals surface area contributed by atoms with Crippen LogP contribution in [0.15, 0.2) is 5.16 Å².